The van der Waals surface area contributed by atoms with Gasteiger partial charge < -0.3 is 5.11 Å². The van der Waals surface area contributed by atoms with Crippen molar-refractivity contribution in [1.29, 1.82) is 0 Å². The predicted octanol–water partition coefficient (Wildman–Crippen LogP) is 2.06. The third kappa shape index (κ3) is 2.02. The van der Waals surface area contributed by atoms with Crippen LogP contribution in [0.15, 0.2) is 18.2 Å². The van der Waals surface area contributed by atoms with Gasteiger partial charge in [-0.1, -0.05) is 6.92 Å². The molecule has 1 aromatic carbocycles. The van der Waals surface area contributed by atoms with Crippen LogP contribution in [0.25, 0.3) is 0 Å². The average Bonchev–Trinajstić information content (AvgIpc) is 2.90. The predicted molar refractivity (Wildman–Crippen MR) is 71.2 cm³/mol. The summed E-state index contributed by atoms with van der Waals surface area (Å²) in [6, 6.07) is 3.27. The zero-order chi connectivity index (χ0) is 15.3. The van der Waals surface area contributed by atoms with Gasteiger partial charge in [-0.05, 0) is 37.0 Å². The normalized spacial score (nSPS) is 28.1. The van der Waals surface area contributed by atoms with Crippen LogP contribution in [-0.4, -0.2) is 22.9 Å². The zero-order valence-corrected chi connectivity index (χ0v) is 11.4. The third-order valence-corrected chi connectivity index (χ3v) is 4.31. The molecule has 1 aromatic rings. The van der Waals surface area contributed by atoms with E-state index in [0.717, 1.165) is 17.0 Å². The van der Waals surface area contributed by atoms with E-state index in [1.54, 1.807) is 0 Å². The molecule has 1 aliphatic carbocycles. The molecular formula is C15H14FNO4. The van der Waals surface area contributed by atoms with E-state index >= 15 is 0 Å². The van der Waals surface area contributed by atoms with E-state index in [2.05, 4.69) is 0 Å². The monoisotopic (exact) mass is 291 g/mol. The highest BCUT2D eigenvalue weighted by Gasteiger charge is 2.52. The minimum absolute atomic E-state index is 0.130. The van der Waals surface area contributed by atoms with Crippen molar-refractivity contribution < 1.29 is 23.9 Å². The molecule has 1 saturated heterocycles. The lowest BCUT2D eigenvalue weighted by atomic mass is 10.00. The van der Waals surface area contributed by atoms with E-state index < -0.39 is 17.3 Å². The molecule has 3 rings (SSSR count). The topological polar surface area (TPSA) is 74.7 Å². The van der Waals surface area contributed by atoms with Crippen LogP contribution in [0, 0.1) is 23.6 Å². The highest BCUT2D eigenvalue weighted by Crippen LogP contribution is 2.44. The Morgan fingerprint density at radius 2 is 1.81 bits per heavy atom. The van der Waals surface area contributed by atoms with Crippen molar-refractivity contribution in [3.63, 3.8) is 0 Å². The van der Waals surface area contributed by atoms with Crippen molar-refractivity contribution in [3.8, 4) is 0 Å². The molecule has 1 aliphatic heterocycles. The lowest BCUT2D eigenvalue weighted by molar-refractivity contribution is -0.123. The first-order chi connectivity index (χ1) is 9.90. The van der Waals surface area contributed by atoms with Gasteiger partial charge >= 0.3 is 5.97 Å². The van der Waals surface area contributed by atoms with Crippen molar-refractivity contribution in [2.45, 2.75) is 19.8 Å². The van der Waals surface area contributed by atoms with Crippen LogP contribution in [0.1, 0.15) is 30.1 Å². The number of amides is 2. The number of carbonyl (C=O) groups is 3. The fourth-order valence-electron chi connectivity index (χ4n) is 3.35. The summed E-state index contributed by atoms with van der Waals surface area (Å²) in [5.74, 6) is -3.26. The van der Waals surface area contributed by atoms with Gasteiger partial charge in [0.2, 0.25) is 11.8 Å². The summed E-state index contributed by atoms with van der Waals surface area (Å²) in [6.07, 6.45) is 1.33. The van der Waals surface area contributed by atoms with Gasteiger partial charge in [0, 0.05) is 0 Å². The number of carboxylic acid groups (broad SMARTS) is 1. The van der Waals surface area contributed by atoms with E-state index in [4.69, 9.17) is 5.11 Å². The molecule has 5 nitrogen and oxygen atoms in total. The first-order valence-corrected chi connectivity index (χ1v) is 6.80. The molecule has 1 N–H and O–H groups in total. The minimum Gasteiger partial charge on any atom is -0.478 e. The third-order valence-electron chi connectivity index (χ3n) is 4.31. The van der Waals surface area contributed by atoms with E-state index in [-0.39, 0.29) is 29.3 Å². The van der Waals surface area contributed by atoms with Crippen molar-refractivity contribution in [3.05, 3.63) is 29.6 Å². The van der Waals surface area contributed by atoms with Gasteiger partial charge in [-0.25, -0.2) is 9.18 Å². The second-order valence-corrected chi connectivity index (χ2v) is 5.77. The molecule has 1 saturated carbocycles. The molecule has 0 aromatic heterocycles. The fourth-order valence-corrected chi connectivity index (χ4v) is 3.35. The molecule has 2 amide bonds. The number of halogens is 1. The lowest BCUT2D eigenvalue weighted by Crippen LogP contribution is -2.32. The number of aromatic carboxylic acids is 1. The van der Waals surface area contributed by atoms with E-state index in [1.165, 1.54) is 6.07 Å². The molecule has 1 heterocycles. The Bertz CT molecular complexity index is 633. The minimum atomic E-state index is -1.43. The summed E-state index contributed by atoms with van der Waals surface area (Å²) in [6.45, 7) is 2.00. The lowest BCUT2D eigenvalue weighted by Gasteiger charge is -2.17. The number of anilines is 1. The van der Waals surface area contributed by atoms with Gasteiger partial charge in [-0.3, -0.25) is 14.5 Å². The van der Waals surface area contributed by atoms with Gasteiger partial charge in [0.15, 0.2) is 0 Å². The molecule has 21 heavy (non-hydrogen) atoms. The number of imide groups is 1. The quantitative estimate of drug-likeness (QED) is 0.846. The molecular weight excluding hydrogens is 277 g/mol. The molecule has 2 atom stereocenters. The van der Waals surface area contributed by atoms with Crippen LogP contribution in [0.3, 0.4) is 0 Å². The molecule has 2 aliphatic rings. The van der Waals surface area contributed by atoms with E-state index in [0.29, 0.717) is 18.8 Å². The van der Waals surface area contributed by atoms with Gasteiger partial charge in [0.25, 0.3) is 0 Å². The van der Waals surface area contributed by atoms with Crippen LogP contribution in [-0.2, 0) is 9.59 Å². The number of fused-ring (bicyclic) bond motifs is 1. The van der Waals surface area contributed by atoms with Crippen molar-refractivity contribution >= 4 is 23.5 Å². The largest absolute Gasteiger partial charge is 0.478 e. The van der Waals surface area contributed by atoms with Crippen LogP contribution in [0.2, 0.25) is 0 Å². The van der Waals surface area contributed by atoms with Gasteiger partial charge in [-0.2, -0.15) is 0 Å². The first-order valence-electron chi connectivity index (χ1n) is 6.80. The molecule has 0 radical (unpaired) electrons. The molecule has 0 bridgehead atoms. The summed E-state index contributed by atoms with van der Waals surface area (Å²) in [5.41, 5.74) is -0.413. The molecule has 110 valence electrons. The van der Waals surface area contributed by atoms with Gasteiger partial charge in [0.1, 0.15) is 5.82 Å². The second-order valence-electron chi connectivity index (χ2n) is 5.77. The Labute approximate surface area is 120 Å². The summed E-state index contributed by atoms with van der Waals surface area (Å²) in [7, 11) is 0. The summed E-state index contributed by atoms with van der Waals surface area (Å²) >= 11 is 0. The molecule has 2 fully saturated rings. The Hall–Kier alpha value is -2.24. The Morgan fingerprint density at radius 3 is 2.33 bits per heavy atom. The molecule has 6 heteroatoms. The number of rotatable bonds is 2. The van der Waals surface area contributed by atoms with Crippen molar-refractivity contribution in [2.75, 3.05) is 4.90 Å². The molecule has 0 spiro atoms. The maximum atomic E-state index is 13.4. The van der Waals surface area contributed by atoms with Gasteiger partial charge in [0.05, 0.1) is 23.1 Å². The number of carboxylic acids is 1. The Kier molecular flexibility index (Phi) is 3.04. The number of nitrogens with zero attached hydrogens (tertiary/aromatic N) is 1. The van der Waals surface area contributed by atoms with Crippen LogP contribution in [0.4, 0.5) is 10.1 Å². The smallest absolute Gasteiger partial charge is 0.338 e. The average molecular weight is 291 g/mol. The number of hydrogen-bond donors (Lipinski definition) is 1. The SMILES string of the molecule is CC1CC2C(=O)N(c3ccc(F)c(C(=O)O)c3)C(=O)C2C1. The fraction of sp³-hybridized carbons (Fsp3) is 0.400. The van der Waals surface area contributed by atoms with Crippen LogP contribution < -0.4 is 4.90 Å². The van der Waals surface area contributed by atoms with Crippen molar-refractivity contribution in [2.24, 2.45) is 17.8 Å². The van der Waals surface area contributed by atoms with E-state index in [9.17, 15) is 18.8 Å². The Balaban J connectivity index is 1.99. The van der Waals surface area contributed by atoms with Crippen molar-refractivity contribution in [1.82, 2.24) is 0 Å². The van der Waals surface area contributed by atoms with Crippen LogP contribution >= 0.6 is 0 Å². The highest BCUT2D eigenvalue weighted by molar-refractivity contribution is 6.22. The number of carbonyl (C=O) groups excluding carboxylic acids is 2. The molecule has 2 unspecified atom stereocenters. The van der Waals surface area contributed by atoms with Gasteiger partial charge in [-0.15, -0.1) is 0 Å². The Morgan fingerprint density at radius 1 is 1.24 bits per heavy atom. The maximum Gasteiger partial charge on any atom is 0.338 e. The summed E-state index contributed by atoms with van der Waals surface area (Å²) in [4.78, 5) is 36.7. The highest BCUT2D eigenvalue weighted by atomic mass is 19.1. The second kappa shape index (κ2) is 4.65. The first kappa shape index (κ1) is 13.7. The standard InChI is InChI=1S/C15H14FNO4/c1-7-4-9-10(5-7)14(19)17(13(9)18)8-2-3-12(16)11(6-8)15(20)21/h2-3,6-7,9-10H,4-5H2,1H3,(H,20,21). The number of benzene rings is 1. The maximum absolute atomic E-state index is 13.4. The summed E-state index contributed by atoms with van der Waals surface area (Å²) < 4.78 is 13.4. The van der Waals surface area contributed by atoms with E-state index in [1.807, 2.05) is 6.92 Å². The van der Waals surface area contributed by atoms with Crippen LogP contribution in [0.5, 0.6) is 0 Å². The zero-order valence-electron chi connectivity index (χ0n) is 11.4. The summed E-state index contributed by atoms with van der Waals surface area (Å²) in [5, 5.41) is 8.93. The number of hydrogen-bond acceptors (Lipinski definition) is 3.